The summed E-state index contributed by atoms with van der Waals surface area (Å²) in [4.78, 5) is 0. The third kappa shape index (κ3) is 8.40. The Morgan fingerprint density at radius 3 is 2.67 bits per heavy atom. The van der Waals surface area contributed by atoms with Crippen molar-refractivity contribution in [3.63, 3.8) is 0 Å². The number of hydrogen-bond acceptors (Lipinski definition) is 2. The lowest BCUT2D eigenvalue weighted by atomic mass is 10.5. The van der Waals surface area contributed by atoms with Crippen LogP contribution in [0.4, 0.5) is 0 Å². The summed E-state index contributed by atoms with van der Waals surface area (Å²) < 4.78 is 5.10. The molecule has 0 aliphatic rings. The Labute approximate surface area is 64.3 Å². The highest BCUT2D eigenvalue weighted by Gasteiger charge is 1.94. The number of ether oxygens (including phenoxy) is 1. The second-order valence-electron chi connectivity index (χ2n) is 1.84. The van der Waals surface area contributed by atoms with Crippen LogP contribution in [0.25, 0.3) is 0 Å². The largest absolute Gasteiger partial charge is 0.382 e. The molecular formula is C6H13BrO2. The van der Waals surface area contributed by atoms with Crippen molar-refractivity contribution in [1.82, 2.24) is 0 Å². The van der Waals surface area contributed by atoms with Crippen LogP contribution in [-0.4, -0.2) is 23.3 Å². The monoisotopic (exact) mass is 196 g/mol. The zero-order valence-corrected chi connectivity index (χ0v) is 7.23. The fraction of sp³-hybridized carbons (Fsp3) is 1.00. The molecule has 0 bridgehead atoms. The van der Waals surface area contributed by atoms with Crippen LogP contribution in [0.5, 0.6) is 0 Å². The molecule has 1 unspecified atom stereocenters. The van der Waals surface area contributed by atoms with Crippen molar-refractivity contribution in [3.05, 3.63) is 0 Å². The van der Waals surface area contributed by atoms with Gasteiger partial charge in [0.25, 0.3) is 0 Å². The molecule has 1 atom stereocenters. The van der Waals surface area contributed by atoms with Crippen molar-refractivity contribution in [1.29, 1.82) is 0 Å². The molecule has 0 rings (SSSR count). The third-order valence-corrected chi connectivity index (χ3v) is 1.31. The third-order valence-electron chi connectivity index (χ3n) is 0.849. The Bertz CT molecular complexity index is 57.0. The van der Waals surface area contributed by atoms with Crippen molar-refractivity contribution in [2.45, 2.75) is 24.8 Å². The number of aliphatic hydroxyl groups excluding tert-OH is 1. The molecule has 0 saturated carbocycles. The Kier molecular flexibility index (Phi) is 6.81. The van der Waals surface area contributed by atoms with Crippen LogP contribution in [0.2, 0.25) is 0 Å². The predicted octanol–water partition coefficient (Wildman–Crippen LogP) is 1.52. The fourth-order valence-electron chi connectivity index (χ4n) is 0.427. The second kappa shape index (κ2) is 6.52. The lowest BCUT2D eigenvalue weighted by Gasteiger charge is -2.02. The van der Waals surface area contributed by atoms with E-state index >= 15 is 0 Å². The summed E-state index contributed by atoms with van der Waals surface area (Å²) in [6.45, 7) is 3.49. The van der Waals surface area contributed by atoms with Gasteiger partial charge in [0.2, 0.25) is 0 Å². The summed E-state index contributed by atoms with van der Waals surface area (Å²) in [6.07, 6.45) is 1.71. The van der Waals surface area contributed by atoms with Gasteiger partial charge in [0.1, 0.15) is 5.01 Å². The van der Waals surface area contributed by atoms with E-state index in [0.717, 1.165) is 13.0 Å². The fourth-order valence-corrected chi connectivity index (χ4v) is 0.614. The highest BCUT2D eigenvalue weighted by Crippen LogP contribution is 1.99. The Morgan fingerprint density at radius 1 is 1.56 bits per heavy atom. The van der Waals surface area contributed by atoms with E-state index < -0.39 is 5.01 Å². The Hall–Kier alpha value is 0.400. The molecule has 0 aliphatic carbocycles. The van der Waals surface area contributed by atoms with Crippen LogP contribution in [0, 0.1) is 0 Å². The van der Waals surface area contributed by atoms with Crippen LogP contribution < -0.4 is 0 Å². The number of alkyl halides is 1. The maximum absolute atomic E-state index is 8.69. The minimum Gasteiger partial charge on any atom is -0.382 e. The van der Waals surface area contributed by atoms with Gasteiger partial charge in [-0.05, 0) is 6.42 Å². The maximum atomic E-state index is 8.69. The van der Waals surface area contributed by atoms with Gasteiger partial charge in [-0.25, -0.2) is 0 Å². The summed E-state index contributed by atoms with van der Waals surface area (Å²) in [5.41, 5.74) is 0. The summed E-state index contributed by atoms with van der Waals surface area (Å²) >= 11 is 3.00. The lowest BCUT2D eigenvalue weighted by molar-refractivity contribution is 0.111. The molecule has 0 aromatic heterocycles. The average Bonchev–Trinajstić information content (AvgIpc) is 1.80. The molecule has 2 nitrogen and oxygen atoms in total. The van der Waals surface area contributed by atoms with Crippen LogP contribution in [-0.2, 0) is 4.74 Å². The average molecular weight is 197 g/mol. The Morgan fingerprint density at radius 2 is 2.22 bits per heavy atom. The van der Waals surface area contributed by atoms with E-state index in [1.54, 1.807) is 0 Å². The highest BCUT2D eigenvalue weighted by molar-refractivity contribution is 9.09. The van der Waals surface area contributed by atoms with Crippen LogP contribution >= 0.6 is 15.9 Å². The normalized spacial score (nSPS) is 13.7. The molecule has 0 aromatic rings. The summed E-state index contributed by atoms with van der Waals surface area (Å²) in [5, 5.41) is 8.28. The topological polar surface area (TPSA) is 29.5 Å². The smallest absolute Gasteiger partial charge is 0.111 e. The van der Waals surface area contributed by atoms with Crippen molar-refractivity contribution in [3.8, 4) is 0 Å². The van der Waals surface area contributed by atoms with Crippen molar-refractivity contribution in [2.24, 2.45) is 0 Å². The van der Waals surface area contributed by atoms with Gasteiger partial charge in [-0.1, -0.05) is 22.9 Å². The first-order valence-corrected chi connectivity index (χ1v) is 4.08. The molecule has 3 heteroatoms. The van der Waals surface area contributed by atoms with Gasteiger partial charge in [0.15, 0.2) is 0 Å². The maximum Gasteiger partial charge on any atom is 0.111 e. The molecule has 0 fully saturated rings. The lowest BCUT2D eigenvalue weighted by Crippen LogP contribution is -2.02. The second-order valence-corrected chi connectivity index (χ2v) is 2.89. The molecule has 0 aliphatic heterocycles. The first kappa shape index (κ1) is 9.40. The summed E-state index contributed by atoms with van der Waals surface area (Å²) in [5.74, 6) is 0. The van der Waals surface area contributed by atoms with E-state index in [2.05, 4.69) is 22.9 Å². The summed E-state index contributed by atoms with van der Waals surface area (Å²) in [7, 11) is 0. The molecule has 0 heterocycles. The minimum absolute atomic E-state index is 0.408. The molecule has 0 saturated heterocycles. The Balaban J connectivity index is 2.75. The van der Waals surface area contributed by atoms with Crippen molar-refractivity contribution >= 4 is 15.9 Å². The zero-order chi connectivity index (χ0) is 7.11. The first-order chi connectivity index (χ1) is 4.27. The van der Waals surface area contributed by atoms with Gasteiger partial charge in [-0.2, -0.15) is 0 Å². The molecule has 1 N–H and O–H groups in total. The zero-order valence-electron chi connectivity index (χ0n) is 5.64. The van der Waals surface area contributed by atoms with Gasteiger partial charge in [0, 0.05) is 19.6 Å². The summed E-state index contributed by atoms with van der Waals surface area (Å²) in [6, 6.07) is 0. The van der Waals surface area contributed by atoms with Crippen LogP contribution in [0.1, 0.15) is 19.8 Å². The van der Waals surface area contributed by atoms with Gasteiger partial charge in [0.05, 0.1) is 0 Å². The molecule has 9 heavy (non-hydrogen) atoms. The molecule has 0 aromatic carbocycles. The molecular weight excluding hydrogens is 184 g/mol. The molecule has 0 radical (unpaired) electrons. The standard InChI is InChI=1S/C6H13BrO2/c1-2-4-9-5-3-6(7)8/h6,8H,2-5H2,1H3. The van der Waals surface area contributed by atoms with Gasteiger partial charge >= 0.3 is 0 Å². The minimum atomic E-state index is -0.408. The molecule has 0 spiro atoms. The SMILES string of the molecule is CCCOCCC(O)Br. The van der Waals surface area contributed by atoms with E-state index in [0.29, 0.717) is 13.0 Å². The number of rotatable bonds is 5. The predicted molar refractivity (Wildman–Crippen MR) is 40.7 cm³/mol. The van der Waals surface area contributed by atoms with E-state index in [1.807, 2.05) is 0 Å². The van der Waals surface area contributed by atoms with Gasteiger partial charge in [-0.3, -0.25) is 0 Å². The van der Waals surface area contributed by atoms with Gasteiger partial charge < -0.3 is 9.84 Å². The highest BCUT2D eigenvalue weighted by atomic mass is 79.9. The van der Waals surface area contributed by atoms with Crippen LogP contribution in [0.3, 0.4) is 0 Å². The van der Waals surface area contributed by atoms with E-state index in [1.165, 1.54) is 0 Å². The van der Waals surface area contributed by atoms with E-state index in [-0.39, 0.29) is 0 Å². The van der Waals surface area contributed by atoms with E-state index in [4.69, 9.17) is 9.84 Å². The van der Waals surface area contributed by atoms with Crippen molar-refractivity contribution < 1.29 is 9.84 Å². The van der Waals surface area contributed by atoms with E-state index in [9.17, 15) is 0 Å². The number of halogens is 1. The molecule has 56 valence electrons. The van der Waals surface area contributed by atoms with Crippen LogP contribution in [0.15, 0.2) is 0 Å². The molecule has 0 amide bonds. The first-order valence-electron chi connectivity index (χ1n) is 3.17. The quantitative estimate of drug-likeness (QED) is 0.534. The number of hydrogen-bond donors (Lipinski definition) is 1. The van der Waals surface area contributed by atoms with Gasteiger partial charge in [-0.15, -0.1) is 0 Å². The van der Waals surface area contributed by atoms with Crippen molar-refractivity contribution in [2.75, 3.05) is 13.2 Å². The number of aliphatic hydroxyl groups is 1.